The first-order valence-electron chi connectivity index (χ1n) is 10.9. The molecule has 2 atom stereocenters. The van der Waals surface area contributed by atoms with E-state index in [9.17, 15) is 0 Å². The molecule has 0 amide bonds. The molecule has 0 N–H and O–H groups in total. The van der Waals surface area contributed by atoms with Gasteiger partial charge < -0.3 is 4.90 Å². The van der Waals surface area contributed by atoms with Gasteiger partial charge in [-0.3, -0.25) is 4.48 Å². The molecule has 3 aromatic carbocycles. The van der Waals surface area contributed by atoms with Gasteiger partial charge in [-0.2, -0.15) is 0 Å². The quantitative estimate of drug-likeness (QED) is 0.296. The highest BCUT2D eigenvalue weighted by Crippen LogP contribution is 2.38. The number of rotatable bonds is 4. The predicted octanol–water partition coefficient (Wildman–Crippen LogP) is 7.38. The molecule has 0 aromatic heterocycles. The van der Waals surface area contributed by atoms with Crippen LogP contribution in [0.4, 0.5) is 0 Å². The monoisotopic (exact) mass is 449 g/mol. The van der Waals surface area contributed by atoms with E-state index in [-0.39, 0.29) is 0 Å². The minimum Gasteiger partial charge on any atom is -0.305 e. The number of hydrogen-bond acceptors (Lipinski definition) is 1. The molecule has 0 spiro atoms. The first kappa shape index (κ1) is 20.6. The van der Waals surface area contributed by atoms with Gasteiger partial charge in [0, 0.05) is 12.1 Å². The van der Waals surface area contributed by atoms with E-state index in [1.807, 2.05) is 0 Å². The summed E-state index contributed by atoms with van der Waals surface area (Å²) in [4.78, 5) is 2.19. The van der Waals surface area contributed by atoms with Gasteiger partial charge in [-0.15, -0.1) is 0 Å². The Balaban J connectivity index is 1.37. The third-order valence-electron chi connectivity index (χ3n) is 6.59. The van der Waals surface area contributed by atoms with Crippen molar-refractivity contribution in [2.75, 3.05) is 13.7 Å². The highest BCUT2D eigenvalue weighted by molar-refractivity contribution is 6.38. The maximum absolute atomic E-state index is 6.81. The largest absolute Gasteiger partial charge is 0.305 e. The number of allylic oxidation sites excluding steroid dienone is 1. The second-order valence-corrected chi connectivity index (χ2v) is 9.87. The molecule has 0 bridgehead atoms. The predicted molar refractivity (Wildman–Crippen MR) is 131 cm³/mol. The number of nitrogens with zero attached hydrogens (tertiary/aromatic N) is 2. The van der Waals surface area contributed by atoms with Crippen LogP contribution in [0.25, 0.3) is 16.8 Å². The molecular formula is C27H27Cl2N2+. The minimum atomic E-state index is 0.558. The van der Waals surface area contributed by atoms with Gasteiger partial charge in [0.2, 0.25) is 5.16 Å². The van der Waals surface area contributed by atoms with Crippen LogP contribution in [0.2, 0.25) is 0 Å². The van der Waals surface area contributed by atoms with E-state index in [2.05, 4.69) is 91.7 Å². The van der Waals surface area contributed by atoms with Gasteiger partial charge in [-0.1, -0.05) is 79.2 Å². The van der Waals surface area contributed by atoms with Gasteiger partial charge in [0.05, 0.1) is 7.05 Å². The van der Waals surface area contributed by atoms with Crippen LogP contribution in [-0.4, -0.2) is 23.1 Å². The van der Waals surface area contributed by atoms with E-state index < -0.39 is 0 Å². The van der Waals surface area contributed by atoms with Crippen molar-refractivity contribution in [3.63, 3.8) is 0 Å². The van der Waals surface area contributed by atoms with Gasteiger partial charge in [-0.25, -0.2) is 0 Å². The molecule has 5 rings (SSSR count). The molecule has 0 fully saturated rings. The van der Waals surface area contributed by atoms with Gasteiger partial charge in [-0.05, 0) is 63.5 Å². The van der Waals surface area contributed by atoms with Gasteiger partial charge >= 0.3 is 0 Å². The van der Waals surface area contributed by atoms with Crippen molar-refractivity contribution in [3.8, 4) is 0 Å². The number of benzene rings is 3. The molecular weight excluding hydrogens is 423 g/mol. The number of fused-ring (bicyclic) bond motifs is 2. The first-order valence-corrected chi connectivity index (χ1v) is 11.6. The molecule has 3 aromatic rings. The Hall–Kier alpha value is -2.26. The Morgan fingerprint density at radius 1 is 0.968 bits per heavy atom. The van der Waals surface area contributed by atoms with E-state index in [0.717, 1.165) is 26.2 Å². The van der Waals surface area contributed by atoms with Crippen molar-refractivity contribution in [2.24, 2.45) is 0 Å². The molecule has 2 nitrogen and oxygen atoms in total. The van der Waals surface area contributed by atoms with E-state index in [4.69, 9.17) is 23.2 Å². The van der Waals surface area contributed by atoms with Crippen LogP contribution in [0, 0.1) is 0 Å². The Labute approximate surface area is 194 Å². The second-order valence-electron chi connectivity index (χ2n) is 9.16. The normalized spacial score (nSPS) is 23.0. The SMILES string of the molecule is CC1CC=Cc2ccc(C[N+]3(C)CN(Cc4ccc5ccccc5c4)C(Cl)=C3Cl)cc21. The summed E-state index contributed by atoms with van der Waals surface area (Å²) >= 11 is 13.5. The van der Waals surface area contributed by atoms with Crippen LogP contribution in [0.1, 0.15) is 41.5 Å². The van der Waals surface area contributed by atoms with E-state index in [0.29, 0.717) is 20.7 Å². The Bertz CT molecular complexity index is 1210. The Kier molecular flexibility index (Phi) is 5.34. The molecule has 158 valence electrons. The second kappa shape index (κ2) is 8.02. The highest BCUT2D eigenvalue weighted by atomic mass is 35.5. The van der Waals surface area contributed by atoms with Crippen LogP contribution in [0.15, 0.2) is 77.1 Å². The first-order chi connectivity index (χ1) is 14.9. The van der Waals surface area contributed by atoms with Gasteiger partial charge in [0.1, 0.15) is 6.54 Å². The summed E-state index contributed by atoms with van der Waals surface area (Å²) in [6.45, 7) is 4.64. The zero-order valence-electron chi connectivity index (χ0n) is 18.0. The number of quaternary nitrogens is 1. The standard InChI is InChI=1S/C27H27Cl2N2/c1-19-6-5-9-23-13-11-21(15-25(19)23)17-31(2)18-30(26(28)27(31)29)16-20-10-12-22-7-3-4-8-24(22)14-20/h3-5,7-15,19H,6,16-18H2,1-2H3/q+1. The van der Waals surface area contributed by atoms with E-state index >= 15 is 0 Å². The van der Waals surface area contributed by atoms with Crippen molar-refractivity contribution in [1.29, 1.82) is 0 Å². The zero-order chi connectivity index (χ0) is 21.6. The van der Waals surface area contributed by atoms with Crippen molar-refractivity contribution in [1.82, 2.24) is 4.90 Å². The summed E-state index contributed by atoms with van der Waals surface area (Å²) in [6.07, 6.45) is 5.61. The highest BCUT2D eigenvalue weighted by Gasteiger charge is 2.40. The lowest BCUT2D eigenvalue weighted by Gasteiger charge is -2.31. The fourth-order valence-corrected chi connectivity index (χ4v) is 5.43. The van der Waals surface area contributed by atoms with E-state index in [1.165, 1.54) is 33.0 Å². The Morgan fingerprint density at radius 3 is 2.58 bits per heavy atom. The zero-order valence-corrected chi connectivity index (χ0v) is 19.5. The van der Waals surface area contributed by atoms with Crippen LogP contribution < -0.4 is 0 Å². The number of hydrogen-bond donors (Lipinski definition) is 0. The van der Waals surface area contributed by atoms with Crippen molar-refractivity contribution >= 4 is 40.1 Å². The summed E-state index contributed by atoms with van der Waals surface area (Å²) in [5.41, 5.74) is 5.32. The van der Waals surface area contributed by atoms with Gasteiger partial charge in [0.25, 0.3) is 0 Å². The van der Waals surface area contributed by atoms with Crippen molar-refractivity contribution in [2.45, 2.75) is 32.4 Å². The van der Waals surface area contributed by atoms with Crippen LogP contribution in [-0.2, 0) is 13.1 Å². The lowest BCUT2D eigenvalue weighted by molar-refractivity contribution is -0.881. The lowest BCUT2D eigenvalue weighted by atomic mass is 9.87. The molecule has 4 heteroatoms. The molecule has 1 aliphatic carbocycles. The van der Waals surface area contributed by atoms with Crippen LogP contribution >= 0.6 is 23.2 Å². The smallest absolute Gasteiger partial charge is 0.239 e. The van der Waals surface area contributed by atoms with E-state index in [1.54, 1.807) is 0 Å². The van der Waals surface area contributed by atoms with Crippen LogP contribution in [0.5, 0.6) is 0 Å². The molecule has 1 aliphatic heterocycles. The summed E-state index contributed by atoms with van der Waals surface area (Å²) in [7, 11) is 2.17. The minimum absolute atomic E-state index is 0.558. The third-order valence-corrected chi connectivity index (χ3v) is 7.69. The molecule has 2 unspecified atom stereocenters. The van der Waals surface area contributed by atoms with Crippen LogP contribution in [0.3, 0.4) is 0 Å². The fraction of sp³-hybridized carbons (Fsp3) is 0.259. The average molecular weight is 450 g/mol. The maximum Gasteiger partial charge on any atom is 0.239 e. The Morgan fingerprint density at radius 2 is 1.74 bits per heavy atom. The average Bonchev–Trinajstić information content (AvgIpc) is 2.97. The summed E-state index contributed by atoms with van der Waals surface area (Å²) in [5, 5.41) is 3.88. The summed E-state index contributed by atoms with van der Waals surface area (Å²) in [5.74, 6) is 0.558. The van der Waals surface area contributed by atoms with Crippen molar-refractivity contribution in [3.05, 3.63) is 99.3 Å². The van der Waals surface area contributed by atoms with Gasteiger partial charge in [0.15, 0.2) is 11.8 Å². The maximum atomic E-state index is 6.81. The molecule has 2 aliphatic rings. The summed E-state index contributed by atoms with van der Waals surface area (Å²) in [6, 6.07) is 21.9. The molecule has 31 heavy (non-hydrogen) atoms. The van der Waals surface area contributed by atoms with Crippen molar-refractivity contribution < 1.29 is 4.48 Å². The topological polar surface area (TPSA) is 3.24 Å². The lowest BCUT2D eigenvalue weighted by Crippen LogP contribution is -2.42. The molecule has 0 saturated heterocycles. The molecule has 1 heterocycles. The summed E-state index contributed by atoms with van der Waals surface area (Å²) < 4.78 is 0.594. The third kappa shape index (κ3) is 3.89. The molecule has 0 radical (unpaired) electrons. The molecule has 0 saturated carbocycles. The number of halogens is 2. The fourth-order valence-electron chi connectivity index (χ4n) is 4.88.